The van der Waals surface area contributed by atoms with Gasteiger partial charge in [0.15, 0.2) is 0 Å². The Morgan fingerprint density at radius 1 is 0.868 bits per heavy atom. The third kappa shape index (κ3) is 6.16. The first-order valence-corrected chi connectivity index (χ1v) is 12.5. The van der Waals surface area contributed by atoms with Crippen LogP contribution < -0.4 is 16.6 Å². The Morgan fingerprint density at radius 3 is 1.87 bits per heavy atom. The summed E-state index contributed by atoms with van der Waals surface area (Å²) in [6.45, 7) is 0.130. The molecule has 8 nitrogen and oxygen atoms in total. The summed E-state index contributed by atoms with van der Waals surface area (Å²) in [6.07, 6.45) is 1.66. The van der Waals surface area contributed by atoms with E-state index in [-0.39, 0.29) is 38.6 Å². The fourth-order valence-electron chi connectivity index (χ4n) is 4.58. The van der Waals surface area contributed by atoms with Gasteiger partial charge in [0.1, 0.15) is 5.60 Å². The van der Waals surface area contributed by atoms with Crippen molar-refractivity contribution in [3.63, 3.8) is 0 Å². The van der Waals surface area contributed by atoms with Gasteiger partial charge in [0, 0.05) is 32.0 Å². The van der Waals surface area contributed by atoms with Gasteiger partial charge < -0.3 is 15.2 Å². The number of amides is 1. The molecule has 0 aliphatic heterocycles. The zero-order valence-electron chi connectivity index (χ0n) is 21.0. The van der Waals surface area contributed by atoms with Crippen molar-refractivity contribution in [1.29, 1.82) is 0 Å². The molecule has 0 aliphatic carbocycles. The van der Waals surface area contributed by atoms with Gasteiger partial charge >= 0.3 is 5.69 Å². The number of aliphatic hydroxyl groups is 1. The third-order valence-corrected chi connectivity index (χ3v) is 6.42. The molecule has 0 bridgehead atoms. The van der Waals surface area contributed by atoms with Crippen molar-refractivity contribution >= 4 is 5.91 Å². The van der Waals surface area contributed by atoms with E-state index in [1.807, 2.05) is 91.0 Å². The Labute approximate surface area is 220 Å². The molecule has 1 aromatic heterocycles. The van der Waals surface area contributed by atoms with Gasteiger partial charge in [0.2, 0.25) is 5.91 Å². The summed E-state index contributed by atoms with van der Waals surface area (Å²) in [5, 5.41) is 11.9. The van der Waals surface area contributed by atoms with Crippen LogP contribution in [0.25, 0.3) is 0 Å². The normalized spacial score (nSPS) is 12.1. The van der Waals surface area contributed by atoms with Gasteiger partial charge in [-0.15, -0.1) is 0 Å². The van der Waals surface area contributed by atoms with Gasteiger partial charge in [-0.2, -0.15) is 0 Å². The zero-order chi connectivity index (χ0) is 26.8. The quantitative estimate of drug-likeness (QED) is 0.252. The van der Waals surface area contributed by atoms with E-state index in [1.165, 1.54) is 16.8 Å². The maximum absolute atomic E-state index is 13.0. The molecule has 0 saturated carbocycles. The highest BCUT2D eigenvalue weighted by Crippen LogP contribution is 2.40. The van der Waals surface area contributed by atoms with Gasteiger partial charge in [-0.3, -0.25) is 19.1 Å². The summed E-state index contributed by atoms with van der Waals surface area (Å²) in [5.74, 6) is -0.962. The summed E-state index contributed by atoms with van der Waals surface area (Å²) in [6, 6.07) is 31.0. The van der Waals surface area contributed by atoms with Crippen LogP contribution in [-0.4, -0.2) is 40.3 Å². The van der Waals surface area contributed by atoms with E-state index in [9.17, 15) is 19.5 Å². The number of hydrogen-bond donors (Lipinski definition) is 3. The molecule has 196 valence electrons. The Morgan fingerprint density at radius 2 is 1.39 bits per heavy atom. The standard InChI is InChI=1S/C30H31N3O5/c34-20-18-31-28(36)23(22-33-19-16-27(35)32-29(33)37)17-21-38-30(24-10-4-1-5-11-24,25-12-6-2-7-13-25)26-14-8-3-9-15-26/h1-16,19,23,34H,17-18,20-22H2,(H,31,36)(H,32,35,37)/t23-/m0/s1. The predicted octanol–water partition coefficient (Wildman–Crippen LogP) is 2.66. The van der Waals surface area contributed by atoms with E-state index >= 15 is 0 Å². The Kier molecular flexibility index (Phi) is 9.02. The molecule has 1 amide bonds. The second kappa shape index (κ2) is 12.8. The minimum absolute atomic E-state index is 0.0469. The number of nitrogens with zero attached hydrogens (tertiary/aromatic N) is 1. The molecule has 1 heterocycles. The average molecular weight is 514 g/mol. The molecule has 0 radical (unpaired) electrons. The third-order valence-electron chi connectivity index (χ3n) is 6.42. The number of H-pyrrole nitrogens is 1. The van der Waals surface area contributed by atoms with Gasteiger partial charge in [-0.25, -0.2) is 4.79 Å². The number of rotatable bonds is 12. The Balaban J connectivity index is 1.68. The number of aliphatic hydroxyl groups excluding tert-OH is 1. The molecule has 0 unspecified atom stereocenters. The molecule has 4 rings (SSSR count). The number of hydrogen-bond acceptors (Lipinski definition) is 5. The lowest BCUT2D eigenvalue weighted by molar-refractivity contribution is -0.126. The zero-order valence-corrected chi connectivity index (χ0v) is 21.0. The minimum atomic E-state index is -0.940. The van der Waals surface area contributed by atoms with Crippen molar-refractivity contribution in [2.75, 3.05) is 19.8 Å². The number of aromatic amines is 1. The van der Waals surface area contributed by atoms with Crippen molar-refractivity contribution in [1.82, 2.24) is 14.9 Å². The fraction of sp³-hybridized carbons (Fsp3) is 0.233. The first kappa shape index (κ1) is 26.8. The van der Waals surface area contributed by atoms with Crippen LogP contribution in [-0.2, 0) is 21.7 Å². The first-order chi connectivity index (χ1) is 18.5. The summed E-state index contributed by atoms with van der Waals surface area (Å²) < 4.78 is 8.08. The number of carbonyl (C=O) groups is 1. The summed E-state index contributed by atoms with van der Waals surface area (Å²) in [7, 11) is 0. The van der Waals surface area contributed by atoms with Crippen molar-refractivity contribution in [2.45, 2.75) is 18.6 Å². The molecule has 0 saturated heterocycles. The number of ether oxygens (including phenoxy) is 1. The molecule has 0 spiro atoms. The van der Waals surface area contributed by atoms with Crippen molar-refractivity contribution in [3.05, 3.63) is 141 Å². The van der Waals surface area contributed by atoms with Crippen LogP contribution >= 0.6 is 0 Å². The topological polar surface area (TPSA) is 113 Å². The van der Waals surface area contributed by atoms with Gasteiger partial charge in [0.05, 0.1) is 12.5 Å². The number of benzene rings is 3. The smallest absolute Gasteiger partial charge is 0.328 e. The van der Waals surface area contributed by atoms with E-state index in [1.54, 1.807) is 0 Å². The van der Waals surface area contributed by atoms with Crippen LogP contribution in [0.2, 0.25) is 0 Å². The van der Waals surface area contributed by atoms with E-state index in [0.29, 0.717) is 0 Å². The second-order valence-electron chi connectivity index (χ2n) is 8.89. The largest absolute Gasteiger partial charge is 0.395 e. The molecule has 3 N–H and O–H groups in total. The highest BCUT2D eigenvalue weighted by Gasteiger charge is 2.37. The SMILES string of the molecule is O=C(NCCO)[C@@H](CCOC(c1ccccc1)(c1ccccc1)c1ccccc1)Cn1ccc(=O)[nH]c1=O. The van der Waals surface area contributed by atoms with Crippen molar-refractivity contribution < 1.29 is 14.6 Å². The first-order valence-electron chi connectivity index (χ1n) is 12.5. The highest BCUT2D eigenvalue weighted by molar-refractivity contribution is 5.78. The minimum Gasteiger partial charge on any atom is -0.395 e. The van der Waals surface area contributed by atoms with E-state index in [0.717, 1.165) is 16.7 Å². The van der Waals surface area contributed by atoms with Gasteiger partial charge in [-0.1, -0.05) is 91.0 Å². The van der Waals surface area contributed by atoms with Crippen molar-refractivity contribution in [2.24, 2.45) is 5.92 Å². The monoisotopic (exact) mass is 513 g/mol. The van der Waals surface area contributed by atoms with Crippen LogP contribution in [0.4, 0.5) is 0 Å². The maximum atomic E-state index is 13.0. The summed E-state index contributed by atoms with van der Waals surface area (Å²) >= 11 is 0. The molecule has 4 aromatic rings. The lowest BCUT2D eigenvalue weighted by Gasteiger charge is -2.36. The molecule has 3 aromatic carbocycles. The molecular formula is C30H31N3O5. The number of carbonyl (C=O) groups excluding carboxylic acids is 1. The number of nitrogens with one attached hydrogen (secondary N) is 2. The molecule has 8 heteroatoms. The molecule has 1 atom stereocenters. The molecular weight excluding hydrogens is 482 g/mol. The second-order valence-corrected chi connectivity index (χ2v) is 8.89. The van der Waals surface area contributed by atoms with Crippen LogP contribution in [0.3, 0.4) is 0 Å². The van der Waals surface area contributed by atoms with Crippen LogP contribution in [0.5, 0.6) is 0 Å². The Hall–Kier alpha value is -4.27. The summed E-state index contributed by atoms with van der Waals surface area (Å²) in [4.78, 5) is 39.0. The van der Waals surface area contributed by atoms with E-state index in [4.69, 9.17) is 4.74 Å². The van der Waals surface area contributed by atoms with Crippen LogP contribution in [0.15, 0.2) is 113 Å². The average Bonchev–Trinajstić information content (AvgIpc) is 2.96. The van der Waals surface area contributed by atoms with Gasteiger partial charge in [-0.05, 0) is 23.1 Å². The van der Waals surface area contributed by atoms with E-state index < -0.39 is 22.8 Å². The van der Waals surface area contributed by atoms with Gasteiger partial charge in [0.25, 0.3) is 5.56 Å². The molecule has 0 fully saturated rings. The predicted molar refractivity (Wildman–Crippen MR) is 145 cm³/mol. The van der Waals surface area contributed by atoms with E-state index in [2.05, 4.69) is 10.3 Å². The lowest BCUT2D eigenvalue weighted by atomic mass is 9.80. The summed E-state index contributed by atoms with van der Waals surface area (Å²) in [5.41, 5.74) is 0.784. The molecule has 0 aliphatic rings. The highest BCUT2D eigenvalue weighted by atomic mass is 16.5. The van der Waals surface area contributed by atoms with Crippen LogP contribution in [0.1, 0.15) is 23.1 Å². The fourth-order valence-corrected chi connectivity index (χ4v) is 4.58. The maximum Gasteiger partial charge on any atom is 0.328 e. The number of aromatic nitrogens is 2. The Bertz CT molecular complexity index is 1320. The van der Waals surface area contributed by atoms with Crippen molar-refractivity contribution in [3.8, 4) is 0 Å². The van der Waals surface area contributed by atoms with Crippen LogP contribution in [0, 0.1) is 5.92 Å². The lowest BCUT2D eigenvalue weighted by Crippen LogP contribution is -2.39. The molecule has 38 heavy (non-hydrogen) atoms.